The third-order valence-electron chi connectivity index (χ3n) is 4.55. The van der Waals surface area contributed by atoms with Crippen molar-refractivity contribution in [3.63, 3.8) is 0 Å². The lowest BCUT2D eigenvalue weighted by Gasteiger charge is -2.34. The number of carboxylic acid groups (broad SMARTS) is 1. The number of rotatable bonds is 6. The van der Waals surface area contributed by atoms with E-state index < -0.39 is 16.0 Å². The second kappa shape index (κ2) is 7.97. The number of hydrogen-bond donors (Lipinski definition) is 1. The molecule has 1 unspecified atom stereocenters. The predicted molar refractivity (Wildman–Crippen MR) is 92.8 cm³/mol. The maximum Gasteiger partial charge on any atom is 0.335 e. The van der Waals surface area contributed by atoms with Crippen molar-refractivity contribution in [1.29, 1.82) is 0 Å². The molecular formula is C17H24N2O5S. The molecule has 0 bridgehead atoms. The molecule has 138 valence electrons. The van der Waals surface area contributed by atoms with E-state index in [1.807, 2.05) is 13.8 Å². The molecule has 2 rings (SSSR count). The normalized spacial score (nSPS) is 17.3. The summed E-state index contributed by atoms with van der Waals surface area (Å²) in [5.41, 5.74) is 0.0411. The first-order chi connectivity index (χ1) is 11.8. The van der Waals surface area contributed by atoms with Crippen LogP contribution in [0.4, 0.5) is 0 Å². The van der Waals surface area contributed by atoms with Gasteiger partial charge in [0.25, 0.3) is 0 Å². The van der Waals surface area contributed by atoms with E-state index in [1.54, 1.807) is 4.90 Å². The van der Waals surface area contributed by atoms with Crippen LogP contribution in [0, 0.1) is 5.92 Å². The summed E-state index contributed by atoms with van der Waals surface area (Å²) in [5, 5.41) is 8.89. The summed E-state index contributed by atoms with van der Waals surface area (Å²) in [6.45, 7) is 5.31. The summed E-state index contributed by atoms with van der Waals surface area (Å²) in [4.78, 5) is 24.8. The minimum absolute atomic E-state index is 0.0411. The molecule has 1 N–H and O–H groups in total. The van der Waals surface area contributed by atoms with E-state index in [0.29, 0.717) is 25.4 Å². The Kier molecular flexibility index (Phi) is 6.18. The molecule has 1 aromatic carbocycles. The summed E-state index contributed by atoms with van der Waals surface area (Å²) in [6, 6.07) is 5.17. The van der Waals surface area contributed by atoms with Gasteiger partial charge < -0.3 is 10.0 Å². The average Bonchev–Trinajstić information content (AvgIpc) is 2.61. The van der Waals surface area contributed by atoms with Gasteiger partial charge in [0.2, 0.25) is 15.9 Å². The molecular weight excluding hydrogens is 344 g/mol. The Morgan fingerprint density at radius 2 is 1.68 bits per heavy atom. The zero-order valence-corrected chi connectivity index (χ0v) is 15.3. The summed E-state index contributed by atoms with van der Waals surface area (Å²) < 4.78 is 26.6. The fraction of sp³-hybridized carbons (Fsp3) is 0.529. The topological polar surface area (TPSA) is 95.0 Å². The Balaban J connectivity index is 2.01. The highest BCUT2D eigenvalue weighted by molar-refractivity contribution is 7.89. The fourth-order valence-corrected chi connectivity index (χ4v) is 4.09. The molecule has 7 nitrogen and oxygen atoms in total. The van der Waals surface area contributed by atoms with Gasteiger partial charge in [-0.15, -0.1) is 0 Å². The number of aromatic carboxylic acids is 1. The number of sulfonamides is 1. The number of nitrogens with zero attached hydrogens (tertiary/aromatic N) is 2. The van der Waals surface area contributed by atoms with Crippen molar-refractivity contribution in [2.24, 2.45) is 5.92 Å². The molecule has 25 heavy (non-hydrogen) atoms. The monoisotopic (exact) mass is 368 g/mol. The Morgan fingerprint density at radius 1 is 1.12 bits per heavy atom. The predicted octanol–water partition coefficient (Wildman–Crippen LogP) is 1.65. The molecule has 1 saturated heterocycles. The van der Waals surface area contributed by atoms with Crippen LogP contribution < -0.4 is 0 Å². The maximum atomic E-state index is 12.6. The molecule has 0 saturated carbocycles. The summed E-state index contributed by atoms with van der Waals surface area (Å²) in [6.07, 6.45) is 1.42. The minimum atomic E-state index is -3.68. The number of carboxylic acids is 1. The summed E-state index contributed by atoms with van der Waals surface area (Å²) in [5.74, 6) is -0.711. The third kappa shape index (κ3) is 4.58. The largest absolute Gasteiger partial charge is 0.478 e. The van der Waals surface area contributed by atoms with E-state index in [1.165, 1.54) is 28.6 Å². The van der Waals surface area contributed by atoms with Crippen molar-refractivity contribution in [2.75, 3.05) is 26.2 Å². The van der Waals surface area contributed by atoms with Crippen LogP contribution in [0.25, 0.3) is 0 Å². The van der Waals surface area contributed by atoms with E-state index in [0.717, 1.165) is 6.42 Å². The Morgan fingerprint density at radius 3 is 2.16 bits per heavy atom. The van der Waals surface area contributed by atoms with E-state index >= 15 is 0 Å². The van der Waals surface area contributed by atoms with Gasteiger partial charge in [-0.3, -0.25) is 4.79 Å². The number of amides is 1. The van der Waals surface area contributed by atoms with E-state index in [-0.39, 0.29) is 29.5 Å². The lowest BCUT2D eigenvalue weighted by atomic mass is 10.0. The van der Waals surface area contributed by atoms with Crippen LogP contribution in [0.5, 0.6) is 0 Å². The molecule has 1 atom stereocenters. The van der Waals surface area contributed by atoms with Gasteiger partial charge >= 0.3 is 5.97 Å². The zero-order chi connectivity index (χ0) is 18.6. The van der Waals surface area contributed by atoms with Crippen molar-refractivity contribution < 1.29 is 23.1 Å². The lowest BCUT2D eigenvalue weighted by Crippen LogP contribution is -2.50. The van der Waals surface area contributed by atoms with Crippen LogP contribution in [0.1, 0.15) is 37.0 Å². The number of piperazine rings is 1. The van der Waals surface area contributed by atoms with E-state index in [4.69, 9.17) is 5.11 Å². The van der Waals surface area contributed by atoms with Gasteiger partial charge in [-0.05, 0) is 30.2 Å². The molecule has 0 aromatic heterocycles. The third-order valence-corrected chi connectivity index (χ3v) is 6.46. The van der Waals surface area contributed by atoms with Gasteiger partial charge in [0.1, 0.15) is 0 Å². The van der Waals surface area contributed by atoms with Gasteiger partial charge in [0.05, 0.1) is 10.5 Å². The number of benzene rings is 1. The van der Waals surface area contributed by atoms with Crippen LogP contribution in [-0.2, 0) is 14.8 Å². The molecule has 1 aromatic rings. The maximum absolute atomic E-state index is 12.6. The molecule has 0 spiro atoms. The quantitative estimate of drug-likeness (QED) is 0.824. The number of hydrogen-bond acceptors (Lipinski definition) is 4. The van der Waals surface area contributed by atoms with Crippen LogP contribution in [0.3, 0.4) is 0 Å². The SMILES string of the molecule is CCC(C)CC(=O)N1CCN(S(=O)(=O)c2ccc(C(=O)O)cc2)CC1. The Bertz CT molecular complexity index is 722. The molecule has 8 heteroatoms. The number of carbonyl (C=O) groups is 2. The zero-order valence-electron chi connectivity index (χ0n) is 14.5. The molecule has 1 aliphatic rings. The van der Waals surface area contributed by atoms with Gasteiger partial charge in [0.15, 0.2) is 0 Å². The first-order valence-electron chi connectivity index (χ1n) is 8.37. The van der Waals surface area contributed by atoms with Crippen molar-refractivity contribution in [1.82, 2.24) is 9.21 Å². The van der Waals surface area contributed by atoms with Crippen LogP contribution in [0.2, 0.25) is 0 Å². The second-order valence-corrected chi connectivity index (χ2v) is 8.27. The molecule has 1 aliphatic heterocycles. The Labute approximate surface area is 148 Å². The van der Waals surface area contributed by atoms with Crippen LogP contribution in [-0.4, -0.2) is 60.8 Å². The van der Waals surface area contributed by atoms with Crippen molar-refractivity contribution in [3.05, 3.63) is 29.8 Å². The molecule has 1 amide bonds. The average molecular weight is 368 g/mol. The highest BCUT2D eigenvalue weighted by Crippen LogP contribution is 2.19. The summed E-state index contributed by atoms with van der Waals surface area (Å²) in [7, 11) is -3.68. The van der Waals surface area contributed by atoms with Crippen molar-refractivity contribution in [3.8, 4) is 0 Å². The van der Waals surface area contributed by atoms with Gasteiger partial charge in [-0.2, -0.15) is 4.31 Å². The molecule has 0 radical (unpaired) electrons. The standard InChI is InChI=1S/C17H24N2O5S/c1-3-13(2)12-16(20)18-8-10-19(11-9-18)25(23,24)15-6-4-14(5-7-15)17(21)22/h4-7,13H,3,8-12H2,1-2H3,(H,21,22). The van der Waals surface area contributed by atoms with Gasteiger partial charge in [0, 0.05) is 32.6 Å². The first-order valence-corrected chi connectivity index (χ1v) is 9.81. The second-order valence-electron chi connectivity index (χ2n) is 6.33. The van der Waals surface area contributed by atoms with Crippen LogP contribution >= 0.6 is 0 Å². The minimum Gasteiger partial charge on any atom is -0.478 e. The number of carbonyl (C=O) groups excluding carboxylic acids is 1. The highest BCUT2D eigenvalue weighted by Gasteiger charge is 2.30. The molecule has 1 fully saturated rings. The van der Waals surface area contributed by atoms with Gasteiger partial charge in [-0.25, -0.2) is 13.2 Å². The molecule has 1 heterocycles. The van der Waals surface area contributed by atoms with E-state index in [2.05, 4.69) is 0 Å². The van der Waals surface area contributed by atoms with Crippen molar-refractivity contribution >= 4 is 21.9 Å². The van der Waals surface area contributed by atoms with Crippen LogP contribution in [0.15, 0.2) is 29.2 Å². The smallest absolute Gasteiger partial charge is 0.335 e. The fourth-order valence-electron chi connectivity index (χ4n) is 2.67. The lowest BCUT2D eigenvalue weighted by molar-refractivity contribution is -0.133. The first kappa shape index (κ1) is 19.4. The van der Waals surface area contributed by atoms with Crippen molar-refractivity contribution in [2.45, 2.75) is 31.6 Å². The van der Waals surface area contributed by atoms with E-state index in [9.17, 15) is 18.0 Å². The Hall–Kier alpha value is -1.93. The van der Waals surface area contributed by atoms with Gasteiger partial charge in [-0.1, -0.05) is 20.3 Å². The summed E-state index contributed by atoms with van der Waals surface area (Å²) >= 11 is 0. The highest BCUT2D eigenvalue weighted by atomic mass is 32.2. The molecule has 0 aliphatic carbocycles.